The normalized spacial score (nSPS) is 12.9. The molecule has 7 heteroatoms. The molecule has 0 fully saturated rings. The van der Waals surface area contributed by atoms with Crippen LogP contribution in [0.2, 0.25) is 10.0 Å². The van der Waals surface area contributed by atoms with Gasteiger partial charge in [0.1, 0.15) is 11.8 Å². The molecule has 0 saturated heterocycles. The first-order valence-electron chi connectivity index (χ1n) is 10.9. The van der Waals surface area contributed by atoms with Gasteiger partial charge in [-0.3, -0.25) is 9.59 Å². The summed E-state index contributed by atoms with van der Waals surface area (Å²) in [6, 6.07) is 12.2. The van der Waals surface area contributed by atoms with Crippen LogP contribution in [0.5, 0.6) is 5.75 Å². The molecule has 0 saturated carbocycles. The van der Waals surface area contributed by atoms with E-state index in [4.69, 9.17) is 27.9 Å². The van der Waals surface area contributed by atoms with E-state index in [-0.39, 0.29) is 31.0 Å². The number of nitrogens with one attached hydrogen (secondary N) is 1. The van der Waals surface area contributed by atoms with Crippen LogP contribution in [0.3, 0.4) is 0 Å². The van der Waals surface area contributed by atoms with Gasteiger partial charge < -0.3 is 15.0 Å². The lowest BCUT2D eigenvalue weighted by Crippen LogP contribution is -2.50. The summed E-state index contributed by atoms with van der Waals surface area (Å²) in [5, 5.41) is 3.77. The van der Waals surface area contributed by atoms with Crippen LogP contribution in [0, 0.1) is 0 Å². The molecule has 0 aliphatic carbocycles. The van der Waals surface area contributed by atoms with Crippen LogP contribution < -0.4 is 10.1 Å². The van der Waals surface area contributed by atoms with Crippen LogP contribution >= 0.6 is 23.2 Å². The standard InChI is InChI=1S/C25H32Cl2N2O3/c1-6-17(4)28-25(31)18(5)29(14-19-7-12-22(26)23(27)13-19)24(30)15-32-21-10-8-20(9-11-21)16(2)3/h7-13,16-18H,6,14-15H2,1-5H3,(H,28,31)/t17-,18-/m0/s1. The summed E-state index contributed by atoms with van der Waals surface area (Å²) in [7, 11) is 0. The van der Waals surface area contributed by atoms with E-state index in [2.05, 4.69) is 19.2 Å². The van der Waals surface area contributed by atoms with Gasteiger partial charge in [-0.2, -0.15) is 0 Å². The molecule has 0 aliphatic rings. The van der Waals surface area contributed by atoms with Crippen LogP contribution in [0.4, 0.5) is 0 Å². The molecule has 0 aromatic heterocycles. The largest absolute Gasteiger partial charge is 0.484 e. The predicted octanol–water partition coefficient (Wildman–Crippen LogP) is 5.83. The SMILES string of the molecule is CC[C@H](C)NC(=O)[C@H](C)N(Cc1ccc(Cl)c(Cl)c1)C(=O)COc1ccc(C(C)C)cc1. The molecular weight excluding hydrogens is 447 g/mol. The van der Waals surface area contributed by atoms with E-state index >= 15 is 0 Å². The Morgan fingerprint density at radius 1 is 1.00 bits per heavy atom. The van der Waals surface area contributed by atoms with Crippen molar-refractivity contribution in [2.75, 3.05) is 6.61 Å². The number of nitrogens with zero attached hydrogens (tertiary/aromatic N) is 1. The lowest BCUT2D eigenvalue weighted by atomic mass is 10.0. The summed E-state index contributed by atoms with van der Waals surface area (Å²) in [6.07, 6.45) is 0.800. The van der Waals surface area contributed by atoms with Gasteiger partial charge in [0.2, 0.25) is 5.91 Å². The minimum atomic E-state index is -0.683. The van der Waals surface area contributed by atoms with Crippen molar-refractivity contribution in [1.82, 2.24) is 10.2 Å². The van der Waals surface area contributed by atoms with E-state index in [1.165, 1.54) is 10.5 Å². The monoisotopic (exact) mass is 478 g/mol. The fraction of sp³-hybridized carbons (Fsp3) is 0.440. The third-order valence-electron chi connectivity index (χ3n) is 5.41. The quantitative estimate of drug-likeness (QED) is 0.467. The highest BCUT2D eigenvalue weighted by atomic mass is 35.5. The van der Waals surface area contributed by atoms with Crippen molar-refractivity contribution < 1.29 is 14.3 Å². The van der Waals surface area contributed by atoms with Crippen molar-refractivity contribution in [2.24, 2.45) is 0 Å². The maximum Gasteiger partial charge on any atom is 0.261 e. The number of carbonyl (C=O) groups is 2. The summed E-state index contributed by atoms with van der Waals surface area (Å²) < 4.78 is 5.73. The van der Waals surface area contributed by atoms with Crippen molar-refractivity contribution in [1.29, 1.82) is 0 Å². The highest BCUT2D eigenvalue weighted by Crippen LogP contribution is 2.24. The summed E-state index contributed by atoms with van der Waals surface area (Å²) in [4.78, 5) is 27.4. The topological polar surface area (TPSA) is 58.6 Å². The zero-order valence-corrected chi connectivity index (χ0v) is 20.8. The fourth-order valence-electron chi connectivity index (χ4n) is 3.06. The van der Waals surface area contributed by atoms with Crippen LogP contribution in [0.1, 0.15) is 58.1 Å². The second-order valence-corrected chi connectivity index (χ2v) is 9.09. The number of halogens is 2. The maximum atomic E-state index is 13.1. The summed E-state index contributed by atoms with van der Waals surface area (Å²) in [6.45, 7) is 9.90. The molecular formula is C25H32Cl2N2O3. The van der Waals surface area contributed by atoms with Crippen LogP contribution in [-0.2, 0) is 16.1 Å². The Bertz CT molecular complexity index is 916. The molecule has 1 N–H and O–H groups in total. The third kappa shape index (κ3) is 7.42. The van der Waals surface area contributed by atoms with Gasteiger partial charge in [-0.15, -0.1) is 0 Å². The summed E-state index contributed by atoms with van der Waals surface area (Å²) >= 11 is 12.2. The molecule has 174 valence electrons. The smallest absolute Gasteiger partial charge is 0.261 e. The number of hydrogen-bond donors (Lipinski definition) is 1. The maximum absolute atomic E-state index is 13.1. The first-order chi connectivity index (χ1) is 15.1. The number of amides is 2. The second-order valence-electron chi connectivity index (χ2n) is 8.28. The molecule has 2 rings (SSSR count). The Kier molecular flexibility index (Phi) is 9.85. The van der Waals surface area contributed by atoms with E-state index in [0.717, 1.165) is 12.0 Å². The first kappa shape index (κ1) is 26.0. The summed E-state index contributed by atoms with van der Waals surface area (Å²) in [5.74, 6) is 0.510. The van der Waals surface area contributed by atoms with Gasteiger partial charge in [0.25, 0.3) is 5.91 Å². The zero-order chi connectivity index (χ0) is 23.8. The van der Waals surface area contributed by atoms with Gasteiger partial charge in [-0.1, -0.05) is 62.2 Å². The number of ether oxygens (including phenoxy) is 1. The van der Waals surface area contributed by atoms with E-state index in [1.54, 1.807) is 25.1 Å². The van der Waals surface area contributed by atoms with Crippen LogP contribution in [0.25, 0.3) is 0 Å². The van der Waals surface area contributed by atoms with E-state index in [1.807, 2.05) is 38.1 Å². The average Bonchev–Trinajstić information content (AvgIpc) is 2.77. The highest BCUT2D eigenvalue weighted by Gasteiger charge is 2.27. The molecule has 0 spiro atoms. The average molecular weight is 479 g/mol. The zero-order valence-electron chi connectivity index (χ0n) is 19.3. The molecule has 32 heavy (non-hydrogen) atoms. The van der Waals surface area contributed by atoms with Gasteiger partial charge in [-0.05, 0) is 61.6 Å². The van der Waals surface area contributed by atoms with Crippen molar-refractivity contribution in [3.63, 3.8) is 0 Å². The second kappa shape index (κ2) is 12.1. The van der Waals surface area contributed by atoms with Crippen molar-refractivity contribution >= 4 is 35.0 Å². The predicted molar refractivity (Wildman–Crippen MR) is 130 cm³/mol. The Hall–Kier alpha value is -2.24. The molecule has 0 aliphatic heterocycles. The first-order valence-corrected chi connectivity index (χ1v) is 11.6. The lowest BCUT2D eigenvalue weighted by Gasteiger charge is -2.29. The lowest BCUT2D eigenvalue weighted by molar-refractivity contribution is -0.142. The number of rotatable bonds is 10. The molecule has 0 unspecified atom stereocenters. The molecule has 0 bridgehead atoms. The van der Waals surface area contributed by atoms with Crippen molar-refractivity contribution in [3.8, 4) is 5.75 Å². The molecule has 2 atom stereocenters. The van der Waals surface area contributed by atoms with Gasteiger partial charge in [0.05, 0.1) is 10.0 Å². The highest BCUT2D eigenvalue weighted by molar-refractivity contribution is 6.42. The van der Waals surface area contributed by atoms with Gasteiger partial charge in [0, 0.05) is 12.6 Å². The molecule has 2 amide bonds. The van der Waals surface area contributed by atoms with Gasteiger partial charge >= 0.3 is 0 Å². The minimum absolute atomic E-state index is 0.0163. The molecule has 2 aromatic carbocycles. The van der Waals surface area contributed by atoms with E-state index in [9.17, 15) is 9.59 Å². The molecule has 5 nitrogen and oxygen atoms in total. The van der Waals surface area contributed by atoms with Crippen molar-refractivity contribution in [3.05, 3.63) is 63.6 Å². The van der Waals surface area contributed by atoms with Crippen LogP contribution in [0.15, 0.2) is 42.5 Å². The van der Waals surface area contributed by atoms with Gasteiger partial charge in [-0.25, -0.2) is 0 Å². The Morgan fingerprint density at radius 3 is 2.22 bits per heavy atom. The van der Waals surface area contributed by atoms with E-state index < -0.39 is 6.04 Å². The minimum Gasteiger partial charge on any atom is -0.484 e. The number of carbonyl (C=O) groups excluding carboxylic acids is 2. The summed E-state index contributed by atoms with van der Waals surface area (Å²) in [5.41, 5.74) is 1.97. The van der Waals surface area contributed by atoms with Crippen molar-refractivity contribution in [2.45, 2.75) is 65.6 Å². The fourth-order valence-corrected chi connectivity index (χ4v) is 3.38. The molecule has 0 heterocycles. The van der Waals surface area contributed by atoms with Crippen LogP contribution in [-0.4, -0.2) is 35.4 Å². The van der Waals surface area contributed by atoms with Gasteiger partial charge in [0.15, 0.2) is 6.61 Å². The molecule has 2 aromatic rings. The Morgan fingerprint density at radius 2 is 1.66 bits per heavy atom. The Labute approximate surface area is 201 Å². The number of hydrogen-bond acceptors (Lipinski definition) is 3. The van der Waals surface area contributed by atoms with E-state index in [0.29, 0.717) is 21.7 Å². The number of benzene rings is 2. The Balaban J connectivity index is 2.16. The molecule has 0 radical (unpaired) electrons. The third-order valence-corrected chi connectivity index (χ3v) is 6.15.